The molecule has 0 radical (unpaired) electrons. The van der Waals surface area contributed by atoms with E-state index in [0.717, 1.165) is 51.1 Å². The summed E-state index contributed by atoms with van der Waals surface area (Å²) in [4.78, 5) is 24.6. The van der Waals surface area contributed by atoms with Crippen molar-refractivity contribution in [2.75, 3.05) is 13.2 Å². The van der Waals surface area contributed by atoms with Crippen LogP contribution in [0.3, 0.4) is 0 Å². The van der Waals surface area contributed by atoms with Crippen LogP contribution in [0.15, 0.2) is 91.0 Å². The summed E-state index contributed by atoms with van der Waals surface area (Å²) in [5.74, 6) is -0.281. The molecule has 6 heteroatoms. The van der Waals surface area contributed by atoms with E-state index < -0.39 is 18.1 Å². The Morgan fingerprint density at radius 1 is 0.895 bits per heavy atom. The van der Waals surface area contributed by atoms with Gasteiger partial charge in [-0.1, -0.05) is 84.9 Å². The van der Waals surface area contributed by atoms with Gasteiger partial charge in [-0.3, -0.25) is 0 Å². The predicted molar refractivity (Wildman–Crippen MR) is 144 cm³/mol. The molecule has 0 saturated heterocycles. The molecule has 6 nitrogen and oxygen atoms in total. The maximum atomic E-state index is 12.7. The highest BCUT2D eigenvalue weighted by molar-refractivity contribution is 5.81. The van der Waals surface area contributed by atoms with Gasteiger partial charge in [-0.15, -0.1) is 0 Å². The van der Waals surface area contributed by atoms with Crippen molar-refractivity contribution in [1.29, 1.82) is 0 Å². The number of rotatable bonds is 7. The lowest BCUT2D eigenvalue weighted by atomic mass is 9.98. The molecule has 6 rings (SSSR count). The normalized spacial score (nSPS) is 14.1. The Hall–Kier alpha value is -4.58. The summed E-state index contributed by atoms with van der Waals surface area (Å²) in [5, 5.41) is 12.3. The molecule has 0 saturated carbocycles. The van der Waals surface area contributed by atoms with Crippen molar-refractivity contribution in [2.24, 2.45) is 0 Å². The number of aliphatic carboxylic acids is 1. The van der Waals surface area contributed by atoms with Crippen LogP contribution < -0.4 is 10.1 Å². The van der Waals surface area contributed by atoms with Crippen molar-refractivity contribution in [2.45, 2.75) is 24.8 Å². The molecule has 1 aliphatic heterocycles. The smallest absolute Gasteiger partial charge is 0.407 e. The van der Waals surface area contributed by atoms with Crippen LogP contribution in [0.4, 0.5) is 4.79 Å². The van der Waals surface area contributed by atoms with Crippen LogP contribution >= 0.6 is 0 Å². The average molecular weight is 506 g/mol. The molecule has 0 unspecified atom stereocenters. The first-order valence-corrected chi connectivity index (χ1v) is 12.8. The van der Waals surface area contributed by atoms with Gasteiger partial charge in [0.1, 0.15) is 18.4 Å². The summed E-state index contributed by atoms with van der Waals surface area (Å²) in [6.07, 6.45) is 0.337. The van der Waals surface area contributed by atoms with E-state index in [9.17, 15) is 14.7 Å². The third-order valence-electron chi connectivity index (χ3n) is 7.36. The monoisotopic (exact) mass is 505 g/mol. The Labute approximate surface area is 220 Å². The molecule has 1 heterocycles. The zero-order chi connectivity index (χ0) is 26.1. The van der Waals surface area contributed by atoms with Crippen molar-refractivity contribution in [3.05, 3.63) is 113 Å². The zero-order valence-corrected chi connectivity index (χ0v) is 20.7. The van der Waals surface area contributed by atoms with Crippen molar-refractivity contribution in [3.8, 4) is 28.0 Å². The summed E-state index contributed by atoms with van der Waals surface area (Å²) in [5.41, 5.74) is 8.56. The Kier molecular flexibility index (Phi) is 6.30. The molecule has 0 spiro atoms. The Morgan fingerprint density at radius 3 is 2.24 bits per heavy atom. The Balaban J connectivity index is 1.10. The van der Waals surface area contributed by atoms with Crippen LogP contribution in [0.25, 0.3) is 22.3 Å². The standard InChI is InChI=1S/C32H27NO5/c34-31(35)29(17-20-9-11-21(12-10-20)23-14-13-22-15-16-37-30(22)18-23)33-32(36)38-19-28-26-7-3-1-5-24(26)25-6-2-4-8-27(25)28/h1-14,18,28-29H,15-17,19H2,(H,33,36)(H,34,35)/t29-/m0/s1. The number of carboxylic acid groups (broad SMARTS) is 1. The number of alkyl carbamates (subject to hydrolysis) is 1. The van der Waals surface area contributed by atoms with Crippen LogP contribution in [0.1, 0.15) is 28.2 Å². The van der Waals surface area contributed by atoms with Crippen molar-refractivity contribution in [1.82, 2.24) is 5.32 Å². The number of amides is 1. The molecule has 2 N–H and O–H groups in total. The Morgan fingerprint density at radius 2 is 1.55 bits per heavy atom. The molecule has 0 fully saturated rings. The minimum Gasteiger partial charge on any atom is -0.493 e. The lowest BCUT2D eigenvalue weighted by Gasteiger charge is -2.17. The topological polar surface area (TPSA) is 84.9 Å². The summed E-state index contributed by atoms with van der Waals surface area (Å²) in [7, 11) is 0. The second kappa shape index (κ2) is 10.1. The molecular weight excluding hydrogens is 478 g/mol. The molecular formula is C32H27NO5. The number of ether oxygens (including phenoxy) is 2. The van der Waals surface area contributed by atoms with E-state index in [1.807, 2.05) is 66.7 Å². The summed E-state index contributed by atoms with van der Waals surface area (Å²) < 4.78 is 11.2. The van der Waals surface area contributed by atoms with Gasteiger partial charge in [-0.25, -0.2) is 9.59 Å². The summed E-state index contributed by atoms with van der Waals surface area (Å²) >= 11 is 0. The third-order valence-corrected chi connectivity index (χ3v) is 7.36. The van der Waals surface area contributed by atoms with E-state index in [4.69, 9.17) is 9.47 Å². The lowest BCUT2D eigenvalue weighted by Crippen LogP contribution is -2.42. The SMILES string of the molecule is O=C(N[C@@H](Cc1ccc(-c2ccc3c(c2)OCC3)cc1)C(=O)O)OCC1c2ccccc2-c2ccccc21. The lowest BCUT2D eigenvalue weighted by molar-refractivity contribution is -0.139. The highest BCUT2D eigenvalue weighted by Gasteiger charge is 2.29. The molecule has 0 aromatic heterocycles. The molecule has 1 amide bonds. The number of carboxylic acids is 1. The zero-order valence-electron chi connectivity index (χ0n) is 20.7. The largest absolute Gasteiger partial charge is 0.493 e. The van der Waals surface area contributed by atoms with Gasteiger partial charge < -0.3 is 19.9 Å². The molecule has 190 valence electrons. The van der Waals surface area contributed by atoms with Crippen molar-refractivity contribution >= 4 is 12.1 Å². The molecule has 38 heavy (non-hydrogen) atoms. The van der Waals surface area contributed by atoms with Gasteiger partial charge in [-0.2, -0.15) is 0 Å². The number of carbonyl (C=O) groups excluding carboxylic acids is 1. The van der Waals surface area contributed by atoms with E-state index in [-0.39, 0.29) is 18.9 Å². The molecule has 4 aromatic carbocycles. The number of hydrogen-bond donors (Lipinski definition) is 2. The fraction of sp³-hybridized carbons (Fsp3) is 0.188. The second-order valence-corrected chi connectivity index (χ2v) is 9.68. The predicted octanol–water partition coefficient (Wildman–Crippen LogP) is 5.82. The van der Waals surface area contributed by atoms with Crippen molar-refractivity contribution in [3.63, 3.8) is 0 Å². The molecule has 1 atom stereocenters. The first-order chi connectivity index (χ1) is 18.6. The highest BCUT2D eigenvalue weighted by atomic mass is 16.5. The first-order valence-electron chi connectivity index (χ1n) is 12.8. The number of nitrogens with one attached hydrogen (secondary N) is 1. The van der Waals surface area contributed by atoms with Crippen LogP contribution in [0, 0.1) is 0 Å². The molecule has 0 bridgehead atoms. The highest BCUT2D eigenvalue weighted by Crippen LogP contribution is 2.44. The van der Waals surface area contributed by atoms with E-state index >= 15 is 0 Å². The van der Waals surface area contributed by atoms with E-state index in [1.54, 1.807) is 0 Å². The first kappa shape index (κ1) is 23.8. The fourth-order valence-corrected chi connectivity index (χ4v) is 5.40. The quantitative estimate of drug-likeness (QED) is 0.331. The molecule has 1 aliphatic carbocycles. The summed E-state index contributed by atoms with van der Waals surface area (Å²) in [6.45, 7) is 0.844. The van der Waals surface area contributed by atoms with Gasteiger partial charge in [0.25, 0.3) is 0 Å². The van der Waals surface area contributed by atoms with Gasteiger partial charge in [0.2, 0.25) is 0 Å². The second-order valence-electron chi connectivity index (χ2n) is 9.68. The van der Waals surface area contributed by atoms with Gasteiger partial charge in [-0.05, 0) is 50.6 Å². The summed E-state index contributed by atoms with van der Waals surface area (Å²) in [6, 6.07) is 28.9. The van der Waals surface area contributed by atoms with Crippen LogP contribution in [0.5, 0.6) is 5.75 Å². The minimum atomic E-state index is -1.11. The van der Waals surface area contributed by atoms with E-state index in [2.05, 4.69) is 29.6 Å². The van der Waals surface area contributed by atoms with Gasteiger partial charge in [0, 0.05) is 18.8 Å². The maximum Gasteiger partial charge on any atom is 0.407 e. The van der Waals surface area contributed by atoms with Crippen molar-refractivity contribution < 1.29 is 24.2 Å². The number of fused-ring (bicyclic) bond motifs is 4. The van der Waals surface area contributed by atoms with Crippen LogP contribution in [0.2, 0.25) is 0 Å². The fourth-order valence-electron chi connectivity index (χ4n) is 5.40. The molecule has 4 aromatic rings. The number of carbonyl (C=O) groups is 2. The van der Waals surface area contributed by atoms with Gasteiger partial charge >= 0.3 is 12.1 Å². The number of benzene rings is 4. The third kappa shape index (κ3) is 4.61. The van der Waals surface area contributed by atoms with Gasteiger partial charge in [0.05, 0.1) is 6.61 Å². The van der Waals surface area contributed by atoms with Gasteiger partial charge in [0.15, 0.2) is 0 Å². The minimum absolute atomic E-state index is 0.0893. The van der Waals surface area contributed by atoms with Crippen LogP contribution in [-0.4, -0.2) is 36.4 Å². The average Bonchev–Trinajstić information content (AvgIpc) is 3.54. The Bertz CT molecular complexity index is 1470. The maximum absolute atomic E-state index is 12.7. The molecule has 2 aliphatic rings. The van der Waals surface area contributed by atoms with E-state index in [1.165, 1.54) is 5.56 Å². The van der Waals surface area contributed by atoms with Crippen LogP contribution in [-0.2, 0) is 22.4 Å². The number of hydrogen-bond acceptors (Lipinski definition) is 4. The van der Waals surface area contributed by atoms with E-state index in [0.29, 0.717) is 6.61 Å².